The first-order valence-corrected chi connectivity index (χ1v) is 9.20. The Hall–Kier alpha value is -1.73. The minimum absolute atomic E-state index is 0.00618. The molecular weight excluding hydrogens is 325 g/mol. The third kappa shape index (κ3) is 3.72. The molecule has 0 heterocycles. The summed E-state index contributed by atoms with van der Waals surface area (Å²) >= 11 is 0. The lowest BCUT2D eigenvalue weighted by molar-refractivity contribution is 0.456. The summed E-state index contributed by atoms with van der Waals surface area (Å²) in [6, 6.07) is 12.2. The molecule has 118 valence electrons. The molecular formula is C15H16FNO3S2. The molecule has 0 fully saturated rings. The molecule has 7 heteroatoms. The second-order valence-electron chi connectivity index (χ2n) is 4.69. The Morgan fingerprint density at radius 3 is 2.27 bits per heavy atom. The molecule has 1 N–H and O–H groups in total. The average Bonchev–Trinajstić information content (AvgIpc) is 2.46. The van der Waals surface area contributed by atoms with Crippen LogP contribution < -0.4 is 0 Å². The smallest absolute Gasteiger partial charge is 0.288 e. The molecule has 22 heavy (non-hydrogen) atoms. The first-order valence-electron chi connectivity index (χ1n) is 6.51. The van der Waals surface area contributed by atoms with Gasteiger partial charge in [-0.25, -0.2) is 4.39 Å². The largest absolute Gasteiger partial charge is 0.507 e. The normalized spacial score (nSPS) is 14.7. The quantitative estimate of drug-likeness (QED) is 0.924. The topological polar surface area (TPSA) is 66.7 Å². The van der Waals surface area contributed by atoms with Gasteiger partial charge in [-0.3, -0.25) is 0 Å². The van der Waals surface area contributed by atoms with Crippen LogP contribution >= 0.6 is 0 Å². The molecule has 2 rings (SSSR count). The van der Waals surface area contributed by atoms with Crippen LogP contribution in [0.15, 0.2) is 62.1 Å². The van der Waals surface area contributed by atoms with Gasteiger partial charge in [-0.2, -0.15) is 8.42 Å². The maximum Gasteiger partial charge on any atom is 0.288 e. The molecule has 0 aromatic heterocycles. The van der Waals surface area contributed by atoms with Gasteiger partial charge in [0.05, 0.1) is 9.79 Å². The van der Waals surface area contributed by atoms with Crippen molar-refractivity contribution in [3.05, 3.63) is 54.1 Å². The molecule has 0 saturated carbocycles. The summed E-state index contributed by atoms with van der Waals surface area (Å²) < 4.78 is 42.3. The first kappa shape index (κ1) is 16.6. The first-order chi connectivity index (χ1) is 10.3. The summed E-state index contributed by atoms with van der Waals surface area (Å²) in [7, 11) is -5.61. The number of rotatable bonds is 4. The van der Waals surface area contributed by atoms with Crippen LogP contribution in [-0.2, 0) is 20.7 Å². The van der Waals surface area contributed by atoms with Crippen molar-refractivity contribution in [2.24, 2.45) is 3.77 Å². The van der Waals surface area contributed by atoms with Gasteiger partial charge in [-0.1, -0.05) is 29.8 Å². The van der Waals surface area contributed by atoms with Gasteiger partial charge in [0.25, 0.3) is 10.0 Å². The van der Waals surface area contributed by atoms with Gasteiger partial charge in [-0.05, 0) is 48.8 Å². The van der Waals surface area contributed by atoms with E-state index in [1.807, 2.05) is 6.92 Å². The van der Waals surface area contributed by atoms with Gasteiger partial charge in [0, 0.05) is 0 Å². The van der Waals surface area contributed by atoms with Crippen LogP contribution in [0.3, 0.4) is 0 Å². The number of halogens is 1. The van der Waals surface area contributed by atoms with E-state index in [-0.39, 0.29) is 15.5 Å². The van der Waals surface area contributed by atoms with Crippen LogP contribution in [0.5, 0.6) is 5.75 Å². The molecule has 0 aliphatic rings. The van der Waals surface area contributed by atoms with Crippen molar-refractivity contribution >= 4 is 20.7 Å². The highest BCUT2D eigenvalue weighted by molar-refractivity contribution is 8.00. The zero-order valence-electron chi connectivity index (χ0n) is 12.1. The van der Waals surface area contributed by atoms with E-state index in [0.29, 0.717) is 0 Å². The van der Waals surface area contributed by atoms with Gasteiger partial charge in [-0.15, -0.1) is 3.77 Å². The lowest BCUT2D eigenvalue weighted by Crippen LogP contribution is -2.08. The van der Waals surface area contributed by atoms with E-state index in [4.69, 9.17) is 0 Å². The lowest BCUT2D eigenvalue weighted by atomic mass is 10.2. The summed E-state index contributed by atoms with van der Waals surface area (Å²) in [6.45, 7) is 3.06. The molecule has 0 aliphatic carbocycles. The molecule has 0 spiro atoms. The highest BCUT2D eigenvalue weighted by atomic mass is 32.3. The maximum atomic E-state index is 13.9. The van der Waals surface area contributed by atoms with Crippen LogP contribution in [0.4, 0.5) is 4.39 Å². The molecule has 2 aromatic carbocycles. The molecule has 1 unspecified atom stereocenters. The number of hydrogen-bond donors (Lipinski definition) is 1. The monoisotopic (exact) mass is 341 g/mol. The maximum absolute atomic E-state index is 13.9. The Morgan fingerprint density at radius 1 is 1.14 bits per heavy atom. The van der Waals surface area contributed by atoms with Gasteiger partial charge < -0.3 is 5.11 Å². The van der Waals surface area contributed by atoms with Crippen molar-refractivity contribution in [1.82, 2.24) is 0 Å². The summed E-state index contributed by atoms with van der Waals surface area (Å²) in [5.41, 5.74) is -0.619. The highest BCUT2D eigenvalue weighted by Crippen LogP contribution is 2.27. The van der Waals surface area contributed by atoms with Gasteiger partial charge in [0.2, 0.25) is 0 Å². The fourth-order valence-corrected chi connectivity index (χ4v) is 5.08. The van der Waals surface area contributed by atoms with E-state index in [9.17, 15) is 17.9 Å². The fraction of sp³-hybridized carbons (Fsp3) is 0.200. The third-order valence-electron chi connectivity index (χ3n) is 2.90. The van der Waals surface area contributed by atoms with Gasteiger partial charge in [0.1, 0.15) is 5.75 Å². The van der Waals surface area contributed by atoms with Crippen molar-refractivity contribution in [2.75, 3.05) is 0 Å². The predicted octanol–water partition coefficient (Wildman–Crippen LogP) is 3.57. The standard InChI is InChI=1S/C15H16FNO3S2/c1-11-7-9-13(10-8-11)22(19,20)17-21(12(2)16)15-6-4-3-5-14(15)18/h3-10,12,18H,1-2H3/t12-,21?/m0/s1. The minimum Gasteiger partial charge on any atom is -0.507 e. The van der Waals surface area contributed by atoms with E-state index in [1.165, 1.54) is 31.2 Å². The van der Waals surface area contributed by atoms with E-state index in [2.05, 4.69) is 3.77 Å². The van der Waals surface area contributed by atoms with Crippen LogP contribution in [0.25, 0.3) is 0 Å². The zero-order chi connectivity index (χ0) is 16.3. The van der Waals surface area contributed by atoms with Crippen molar-refractivity contribution in [2.45, 2.75) is 29.1 Å². The Morgan fingerprint density at radius 2 is 1.73 bits per heavy atom. The Bertz CT molecular complexity index is 800. The van der Waals surface area contributed by atoms with Crippen LogP contribution in [0, 0.1) is 6.92 Å². The third-order valence-corrected chi connectivity index (χ3v) is 6.60. The number of nitrogens with zero attached hydrogens (tertiary/aromatic N) is 1. The fourth-order valence-electron chi connectivity index (χ4n) is 1.77. The molecule has 2 aromatic rings. The zero-order valence-corrected chi connectivity index (χ0v) is 13.7. The Kier molecular flexibility index (Phi) is 4.97. The lowest BCUT2D eigenvalue weighted by Gasteiger charge is -2.11. The Balaban J connectivity index is 2.55. The van der Waals surface area contributed by atoms with E-state index in [1.54, 1.807) is 24.3 Å². The van der Waals surface area contributed by atoms with Crippen molar-refractivity contribution in [1.29, 1.82) is 0 Å². The van der Waals surface area contributed by atoms with Crippen molar-refractivity contribution < 1.29 is 17.9 Å². The second-order valence-corrected chi connectivity index (χ2v) is 8.42. The summed E-state index contributed by atoms with van der Waals surface area (Å²) in [6.07, 6.45) is 0. The number of phenolic OH excluding ortho intramolecular Hbond substituents is 1. The Labute approximate surface area is 131 Å². The van der Waals surface area contributed by atoms with Crippen LogP contribution in [0.2, 0.25) is 0 Å². The number of alkyl halides is 1. The highest BCUT2D eigenvalue weighted by Gasteiger charge is 2.20. The number of hydrogen-bond acceptors (Lipinski definition) is 3. The number of aryl methyl sites for hydroxylation is 1. The van der Waals surface area contributed by atoms with E-state index >= 15 is 0 Å². The number of benzene rings is 2. The minimum atomic E-state index is -4.00. The molecule has 2 atom stereocenters. The van der Waals surface area contributed by atoms with Crippen LogP contribution in [-0.4, -0.2) is 19.0 Å². The van der Waals surface area contributed by atoms with Gasteiger partial charge >= 0.3 is 0 Å². The second kappa shape index (κ2) is 6.58. The number of para-hydroxylation sites is 1. The molecule has 0 radical (unpaired) electrons. The van der Waals surface area contributed by atoms with Crippen molar-refractivity contribution in [3.63, 3.8) is 0 Å². The van der Waals surface area contributed by atoms with Crippen LogP contribution in [0.1, 0.15) is 12.5 Å². The average molecular weight is 341 g/mol. The summed E-state index contributed by atoms with van der Waals surface area (Å²) in [4.78, 5) is 0.180. The number of sulfonamides is 1. The molecule has 0 aliphatic heterocycles. The molecule has 4 nitrogen and oxygen atoms in total. The molecule has 0 amide bonds. The number of phenols is 1. The predicted molar refractivity (Wildman–Crippen MR) is 85.1 cm³/mol. The molecule has 0 saturated heterocycles. The van der Waals surface area contributed by atoms with Gasteiger partial charge in [0.15, 0.2) is 5.50 Å². The SMILES string of the molecule is Cc1ccc(S(=O)(=O)N=S(c2ccccc2O)[C@@H](C)F)cc1. The number of aromatic hydroxyl groups is 1. The van der Waals surface area contributed by atoms with Crippen molar-refractivity contribution in [3.8, 4) is 5.75 Å². The van der Waals surface area contributed by atoms with E-state index in [0.717, 1.165) is 5.56 Å². The summed E-state index contributed by atoms with van der Waals surface area (Å²) in [5.74, 6) is -0.168. The summed E-state index contributed by atoms with van der Waals surface area (Å²) in [5, 5.41) is 9.82. The molecule has 0 bridgehead atoms. The van der Waals surface area contributed by atoms with E-state index < -0.39 is 26.2 Å².